The molecule has 1 saturated carbocycles. The van der Waals surface area contributed by atoms with Gasteiger partial charge in [-0.2, -0.15) is 0 Å². The predicted molar refractivity (Wildman–Crippen MR) is 145 cm³/mol. The first kappa shape index (κ1) is 30.0. The van der Waals surface area contributed by atoms with E-state index in [9.17, 15) is 9.90 Å². The second kappa shape index (κ2) is 14.5. The number of hydrogen-bond acceptors (Lipinski definition) is 6. The van der Waals surface area contributed by atoms with Gasteiger partial charge in [0.2, 0.25) is 0 Å². The highest BCUT2D eigenvalue weighted by Gasteiger charge is 2.53. The standard InChI is InChI=1S/C23H44O6P4/c1-4-22(2,3)23(26-16-27-23)14-13-18-17(19(24)15-20(18)28-30)11-9-7-5-6-8-10-12-21(25)29-33(31)32/h7,9,17-20,24H,4-6,8,10-16,30-32H2,1-3H3/b9-7-/t17?,18-,19?,20?/m1/s1. The van der Waals surface area contributed by atoms with Crippen LogP contribution in [0.3, 0.4) is 0 Å². The van der Waals surface area contributed by atoms with E-state index in [2.05, 4.69) is 60.2 Å². The number of unbranched alkanes of at least 4 members (excludes halogenated alkanes) is 3. The topological polar surface area (TPSA) is 74.2 Å². The molecule has 1 saturated heterocycles. The van der Waals surface area contributed by atoms with E-state index < -0.39 is 13.3 Å². The minimum Gasteiger partial charge on any atom is -0.437 e. The zero-order valence-electron chi connectivity index (χ0n) is 20.4. The van der Waals surface area contributed by atoms with Crippen molar-refractivity contribution in [3.63, 3.8) is 0 Å². The van der Waals surface area contributed by atoms with Gasteiger partial charge in [-0.15, -0.1) is 0 Å². The Kier molecular flexibility index (Phi) is 13.2. The Bertz CT molecular complexity index is 626. The first-order valence-electron chi connectivity index (χ1n) is 12.1. The fourth-order valence-corrected chi connectivity index (χ4v) is 6.33. The number of allylic oxidation sites excluding steroid dienone is 2. The van der Waals surface area contributed by atoms with Crippen LogP contribution in [0.1, 0.15) is 85.0 Å². The van der Waals surface area contributed by atoms with E-state index in [1.165, 1.54) is 0 Å². The quantitative estimate of drug-likeness (QED) is 0.145. The third-order valence-corrected chi connectivity index (χ3v) is 8.91. The van der Waals surface area contributed by atoms with Crippen LogP contribution in [0.15, 0.2) is 12.2 Å². The van der Waals surface area contributed by atoms with Gasteiger partial charge in [-0.1, -0.05) is 57.2 Å². The van der Waals surface area contributed by atoms with Crippen LogP contribution in [0, 0.1) is 17.3 Å². The van der Waals surface area contributed by atoms with Crippen LogP contribution in [0.5, 0.6) is 0 Å². The number of aliphatic hydroxyl groups excluding tert-OH is 1. The van der Waals surface area contributed by atoms with Crippen molar-refractivity contribution in [2.45, 2.75) is 103 Å². The van der Waals surface area contributed by atoms with Crippen molar-refractivity contribution >= 4 is 40.8 Å². The van der Waals surface area contributed by atoms with Crippen molar-refractivity contribution in [3.05, 3.63) is 12.2 Å². The summed E-state index contributed by atoms with van der Waals surface area (Å²) in [6, 6.07) is 0. The van der Waals surface area contributed by atoms with Crippen LogP contribution < -0.4 is 0 Å². The minimum absolute atomic E-state index is 0.0362. The van der Waals surface area contributed by atoms with Crippen LogP contribution >= 0.6 is 34.8 Å². The molecule has 10 heteroatoms. The molecular formula is C23H44O6P4. The molecule has 1 N–H and O–H groups in total. The summed E-state index contributed by atoms with van der Waals surface area (Å²) in [5.74, 6) is -0.196. The fourth-order valence-electron chi connectivity index (χ4n) is 4.98. The predicted octanol–water partition coefficient (Wildman–Crippen LogP) is 6.49. The average molecular weight is 540 g/mol. The molecule has 7 atom stereocenters. The maximum absolute atomic E-state index is 11.6. The van der Waals surface area contributed by atoms with Crippen molar-refractivity contribution in [2.75, 3.05) is 6.79 Å². The van der Waals surface area contributed by atoms with Crippen LogP contribution in [-0.2, 0) is 23.3 Å². The molecule has 33 heavy (non-hydrogen) atoms. The molecule has 2 fully saturated rings. The van der Waals surface area contributed by atoms with Crippen LogP contribution in [0.25, 0.3) is 0 Å². The van der Waals surface area contributed by atoms with E-state index >= 15 is 0 Å². The van der Waals surface area contributed by atoms with Crippen LogP contribution in [0.2, 0.25) is 0 Å². The van der Waals surface area contributed by atoms with Gasteiger partial charge in [0.15, 0.2) is 12.6 Å². The van der Waals surface area contributed by atoms with Gasteiger partial charge in [0.1, 0.15) is 7.53 Å². The second-order valence-corrected chi connectivity index (χ2v) is 15.9. The number of rotatable bonds is 15. The summed E-state index contributed by atoms with van der Waals surface area (Å²) in [7, 11) is 6.61. The van der Waals surface area contributed by atoms with Gasteiger partial charge in [0.05, 0.1) is 12.2 Å². The van der Waals surface area contributed by atoms with Gasteiger partial charge in [0.25, 0.3) is 0 Å². The fraction of sp³-hybridized carbons (Fsp3) is 0.870. The zero-order chi connectivity index (χ0) is 24.5. The summed E-state index contributed by atoms with van der Waals surface area (Å²) in [4.78, 5) is 11.6. The highest BCUT2D eigenvalue weighted by atomic mass is 32.4. The summed E-state index contributed by atoms with van der Waals surface area (Å²) >= 11 is 0. The molecule has 1 aliphatic carbocycles. The van der Waals surface area contributed by atoms with Gasteiger partial charge < -0.3 is 23.6 Å². The Hall–Kier alpha value is 0.770. The molecule has 0 bridgehead atoms. The van der Waals surface area contributed by atoms with E-state index in [1.54, 1.807) is 0 Å². The Morgan fingerprint density at radius 2 is 1.94 bits per heavy atom. The summed E-state index contributed by atoms with van der Waals surface area (Å²) in [5.41, 5.74) is -0.0560. The monoisotopic (exact) mass is 540 g/mol. The Balaban J connectivity index is 1.78. The summed E-state index contributed by atoms with van der Waals surface area (Å²) in [5, 5.41) is 10.7. The van der Waals surface area contributed by atoms with Crippen molar-refractivity contribution in [1.29, 1.82) is 0 Å². The highest BCUT2D eigenvalue weighted by molar-refractivity contribution is 8.41. The molecule has 2 rings (SSSR count). The lowest BCUT2D eigenvalue weighted by Gasteiger charge is -2.52. The molecule has 0 aromatic heterocycles. The summed E-state index contributed by atoms with van der Waals surface area (Å²) in [6.07, 6.45) is 12.7. The van der Waals surface area contributed by atoms with Crippen LogP contribution in [-0.4, -0.2) is 35.9 Å². The first-order valence-corrected chi connectivity index (χ1v) is 17.1. The third kappa shape index (κ3) is 8.68. The van der Waals surface area contributed by atoms with E-state index in [-0.39, 0.29) is 35.4 Å². The number of hydrogen-bond donors (Lipinski definition) is 1. The first-order chi connectivity index (χ1) is 15.7. The van der Waals surface area contributed by atoms with Crippen LogP contribution in [0.4, 0.5) is 0 Å². The molecule has 192 valence electrons. The molecule has 2 aliphatic rings. The molecule has 0 aromatic carbocycles. The number of aliphatic hydroxyl groups is 1. The normalized spacial score (nSPS) is 27.3. The van der Waals surface area contributed by atoms with E-state index in [0.717, 1.165) is 51.4 Å². The number of ether oxygens (including phenoxy) is 2. The minimum atomic E-state index is -0.776. The average Bonchev–Trinajstić information content (AvgIpc) is 3.03. The lowest BCUT2D eigenvalue weighted by molar-refractivity contribution is -0.439. The van der Waals surface area contributed by atoms with E-state index in [1.807, 2.05) is 0 Å². The van der Waals surface area contributed by atoms with Gasteiger partial charge in [-0.05, 0) is 50.4 Å². The smallest absolute Gasteiger partial charge is 0.309 e. The van der Waals surface area contributed by atoms with Gasteiger partial charge in [-0.25, -0.2) is 0 Å². The molecule has 1 heterocycles. The van der Waals surface area contributed by atoms with Gasteiger partial charge >= 0.3 is 5.97 Å². The molecular weight excluding hydrogens is 496 g/mol. The summed E-state index contributed by atoms with van der Waals surface area (Å²) in [6.45, 7) is 6.94. The third-order valence-electron chi connectivity index (χ3n) is 7.51. The Labute approximate surface area is 208 Å². The largest absolute Gasteiger partial charge is 0.437 e. The van der Waals surface area contributed by atoms with E-state index in [0.29, 0.717) is 19.6 Å². The zero-order valence-corrected chi connectivity index (χ0v) is 24.8. The lowest BCUT2D eigenvalue weighted by Crippen LogP contribution is -2.57. The SMILES string of the molecule is CCC(C)(C)C1(CC[C@H]2C(OP)CC(O)C2C/C=C\CCCCCC(=O)OP(P)P)OCO1. The maximum Gasteiger partial charge on any atom is 0.309 e. The molecule has 1 aliphatic heterocycles. The molecule has 6 nitrogen and oxygen atoms in total. The highest BCUT2D eigenvalue weighted by Crippen LogP contribution is 2.54. The Morgan fingerprint density at radius 3 is 2.52 bits per heavy atom. The van der Waals surface area contributed by atoms with Gasteiger partial charge in [0, 0.05) is 34.1 Å². The Morgan fingerprint density at radius 1 is 1.21 bits per heavy atom. The maximum atomic E-state index is 11.6. The van der Waals surface area contributed by atoms with Gasteiger partial charge in [-0.3, -0.25) is 4.79 Å². The van der Waals surface area contributed by atoms with Crippen molar-refractivity contribution in [3.8, 4) is 0 Å². The molecule has 0 amide bonds. The molecule has 0 aromatic rings. The van der Waals surface area contributed by atoms with Crippen molar-refractivity contribution in [2.24, 2.45) is 17.3 Å². The lowest BCUT2D eigenvalue weighted by atomic mass is 9.75. The number of carbonyl (C=O) groups excluding carboxylic acids is 1. The van der Waals surface area contributed by atoms with Crippen molar-refractivity contribution in [1.82, 2.24) is 0 Å². The van der Waals surface area contributed by atoms with Crippen molar-refractivity contribution < 1.29 is 28.4 Å². The molecule has 0 spiro atoms. The second-order valence-electron chi connectivity index (χ2n) is 9.87. The number of carbonyl (C=O) groups is 1. The molecule has 0 radical (unpaired) electrons. The van der Waals surface area contributed by atoms with E-state index in [4.69, 9.17) is 18.5 Å². The molecule has 6 unspecified atom stereocenters. The summed E-state index contributed by atoms with van der Waals surface area (Å²) < 4.78 is 22.8.